The average molecular weight is 193 g/mol. The fourth-order valence-corrected chi connectivity index (χ4v) is 0.996. The van der Waals surface area contributed by atoms with Gasteiger partial charge in [0.1, 0.15) is 0 Å². The van der Waals surface area contributed by atoms with E-state index in [9.17, 15) is 5.11 Å². The highest BCUT2D eigenvalue weighted by molar-refractivity contribution is 5.55. The number of phenols is 2. The molecule has 1 unspecified atom stereocenters. The second-order valence-electron chi connectivity index (χ2n) is 3.18. The molecule has 3 nitrogen and oxygen atoms in total. The summed E-state index contributed by atoms with van der Waals surface area (Å²) in [6.45, 7) is 2.02. The summed E-state index contributed by atoms with van der Waals surface area (Å²) in [5.41, 5.74) is 0.863. The molecule has 3 N–H and O–H groups in total. The maximum absolute atomic E-state index is 9.22. The Morgan fingerprint density at radius 2 is 2.00 bits per heavy atom. The van der Waals surface area contributed by atoms with Gasteiger partial charge in [-0.2, -0.15) is 0 Å². The van der Waals surface area contributed by atoms with Crippen molar-refractivity contribution in [2.24, 2.45) is 0 Å². The number of rotatable bonds is 3. The van der Waals surface area contributed by atoms with E-state index in [4.69, 9.17) is 5.11 Å². The fourth-order valence-electron chi connectivity index (χ4n) is 0.996. The van der Waals surface area contributed by atoms with E-state index in [1.54, 1.807) is 6.07 Å². The van der Waals surface area contributed by atoms with Crippen molar-refractivity contribution in [2.75, 3.05) is 7.05 Å². The lowest BCUT2D eigenvalue weighted by molar-refractivity contribution is 0.403. The minimum absolute atomic E-state index is 0.0933. The van der Waals surface area contributed by atoms with E-state index in [2.05, 4.69) is 5.32 Å². The number of benzene rings is 1. The Morgan fingerprint density at radius 1 is 1.29 bits per heavy atom. The highest BCUT2D eigenvalue weighted by Crippen LogP contribution is 2.25. The predicted octanol–water partition coefficient (Wildman–Crippen LogP) is 1.72. The van der Waals surface area contributed by atoms with Crippen LogP contribution < -0.4 is 5.32 Å². The summed E-state index contributed by atoms with van der Waals surface area (Å²) in [5, 5.41) is 21.4. The van der Waals surface area contributed by atoms with Gasteiger partial charge in [0, 0.05) is 6.04 Å². The third-order valence-corrected chi connectivity index (χ3v) is 2.03. The van der Waals surface area contributed by atoms with Gasteiger partial charge in [-0.1, -0.05) is 18.2 Å². The molecule has 0 radical (unpaired) electrons. The van der Waals surface area contributed by atoms with Crippen LogP contribution in [0.3, 0.4) is 0 Å². The van der Waals surface area contributed by atoms with Gasteiger partial charge in [-0.15, -0.1) is 0 Å². The summed E-state index contributed by atoms with van der Waals surface area (Å²) in [5.74, 6) is -0.187. The van der Waals surface area contributed by atoms with Crippen molar-refractivity contribution >= 4 is 6.08 Å². The Morgan fingerprint density at radius 3 is 2.57 bits per heavy atom. The van der Waals surface area contributed by atoms with Crippen LogP contribution in [0.25, 0.3) is 6.08 Å². The largest absolute Gasteiger partial charge is 0.504 e. The molecule has 0 bridgehead atoms. The van der Waals surface area contributed by atoms with Crippen LogP contribution in [0.4, 0.5) is 0 Å². The molecule has 76 valence electrons. The molecule has 0 fully saturated rings. The van der Waals surface area contributed by atoms with Gasteiger partial charge in [0.25, 0.3) is 0 Å². The molecular formula is C11H15NO2. The van der Waals surface area contributed by atoms with E-state index in [0.29, 0.717) is 0 Å². The van der Waals surface area contributed by atoms with Gasteiger partial charge in [-0.05, 0) is 31.7 Å². The first-order valence-electron chi connectivity index (χ1n) is 4.51. The molecule has 1 atom stereocenters. The van der Waals surface area contributed by atoms with Gasteiger partial charge in [0.05, 0.1) is 0 Å². The second kappa shape index (κ2) is 4.67. The summed E-state index contributed by atoms with van der Waals surface area (Å²) in [6, 6.07) is 5.02. The van der Waals surface area contributed by atoms with Crippen molar-refractivity contribution < 1.29 is 10.2 Å². The molecule has 1 rings (SSSR count). The molecular weight excluding hydrogens is 178 g/mol. The Hall–Kier alpha value is -1.48. The Bertz CT molecular complexity index is 334. The first-order valence-corrected chi connectivity index (χ1v) is 4.51. The summed E-state index contributed by atoms with van der Waals surface area (Å²) in [4.78, 5) is 0. The lowest BCUT2D eigenvalue weighted by Gasteiger charge is -2.03. The number of phenolic OH excluding ortho intramolecular Hbond substituents is 2. The zero-order chi connectivity index (χ0) is 10.6. The van der Waals surface area contributed by atoms with Crippen molar-refractivity contribution in [3.63, 3.8) is 0 Å². The number of nitrogens with one attached hydrogen (secondary N) is 1. The molecule has 0 spiro atoms. The molecule has 0 amide bonds. The Kier molecular flexibility index (Phi) is 3.54. The zero-order valence-corrected chi connectivity index (χ0v) is 8.36. The van der Waals surface area contributed by atoms with Crippen LogP contribution in [-0.4, -0.2) is 23.3 Å². The highest BCUT2D eigenvalue weighted by atomic mass is 16.3. The second-order valence-corrected chi connectivity index (χ2v) is 3.18. The number of likely N-dealkylation sites (N-methyl/N-ethyl adjacent to an activating group) is 1. The number of hydrogen-bond acceptors (Lipinski definition) is 3. The minimum atomic E-state index is -0.0937. The van der Waals surface area contributed by atoms with Gasteiger partial charge in [-0.3, -0.25) is 0 Å². The van der Waals surface area contributed by atoms with Crippen LogP contribution in [0, 0.1) is 0 Å². The van der Waals surface area contributed by atoms with Crippen molar-refractivity contribution in [3.8, 4) is 11.5 Å². The highest BCUT2D eigenvalue weighted by Gasteiger charge is 1.98. The molecule has 1 aromatic rings. The quantitative estimate of drug-likeness (QED) is 0.641. The number of hydrogen-bond donors (Lipinski definition) is 3. The lowest BCUT2D eigenvalue weighted by Crippen LogP contribution is -2.17. The van der Waals surface area contributed by atoms with Gasteiger partial charge < -0.3 is 15.5 Å². The summed E-state index contributed by atoms with van der Waals surface area (Å²) >= 11 is 0. The van der Waals surface area contributed by atoms with Crippen molar-refractivity contribution in [2.45, 2.75) is 13.0 Å². The lowest BCUT2D eigenvalue weighted by atomic mass is 10.1. The predicted molar refractivity (Wildman–Crippen MR) is 57.3 cm³/mol. The summed E-state index contributed by atoms with van der Waals surface area (Å²) in [6.07, 6.45) is 3.87. The molecule has 0 aliphatic heterocycles. The maximum atomic E-state index is 9.22. The van der Waals surface area contributed by atoms with Crippen LogP contribution in [0.15, 0.2) is 24.3 Å². The molecule has 0 heterocycles. The van der Waals surface area contributed by atoms with Crippen molar-refractivity contribution in [3.05, 3.63) is 29.8 Å². The van der Waals surface area contributed by atoms with E-state index in [1.165, 1.54) is 12.1 Å². The Labute approximate surface area is 83.7 Å². The standard InChI is InChI=1S/C11H15NO2/c1-8(12-2)3-4-9-5-6-10(13)11(14)7-9/h3-8,12-14H,1-2H3/b4-3+. The van der Waals surface area contributed by atoms with Gasteiger partial charge in [0.2, 0.25) is 0 Å². The molecule has 1 aromatic carbocycles. The van der Waals surface area contributed by atoms with E-state index >= 15 is 0 Å². The molecule has 14 heavy (non-hydrogen) atoms. The van der Waals surface area contributed by atoms with E-state index in [0.717, 1.165) is 5.56 Å². The van der Waals surface area contributed by atoms with Gasteiger partial charge in [0.15, 0.2) is 11.5 Å². The fraction of sp³-hybridized carbons (Fsp3) is 0.273. The first kappa shape index (κ1) is 10.6. The smallest absolute Gasteiger partial charge is 0.157 e. The maximum Gasteiger partial charge on any atom is 0.157 e. The molecule has 0 aliphatic carbocycles. The van der Waals surface area contributed by atoms with Crippen LogP contribution >= 0.6 is 0 Å². The first-order chi connectivity index (χ1) is 6.63. The van der Waals surface area contributed by atoms with Crippen molar-refractivity contribution in [1.82, 2.24) is 5.32 Å². The topological polar surface area (TPSA) is 52.5 Å². The Balaban J connectivity index is 2.77. The SMILES string of the molecule is CNC(C)/C=C/c1ccc(O)c(O)c1. The van der Waals surface area contributed by atoms with Crippen LogP contribution in [0.5, 0.6) is 11.5 Å². The van der Waals surface area contributed by atoms with Crippen LogP contribution in [0.1, 0.15) is 12.5 Å². The third-order valence-electron chi connectivity index (χ3n) is 2.03. The zero-order valence-electron chi connectivity index (χ0n) is 8.36. The monoisotopic (exact) mass is 193 g/mol. The van der Waals surface area contributed by atoms with Gasteiger partial charge >= 0.3 is 0 Å². The van der Waals surface area contributed by atoms with E-state index in [-0.39, 0.29) is 17.5 Å². The third kappa shape index (κ3) is 2.78. The normalized spacial score (nSPS) is 13.3. The molecule has 0 aromatic heterocycles. The molecule has 3 heteroatoms. The van der Waals surface area contributed by atoms with E-state index in [1.807, 2.05) is 26.1 Å². The summed E-state index contributed by atoms with van der Waals surface area (Å²) in [7, 11) is 1.88. The van der Waals surface area contributed by atoms with Crippen LogP contribution in [-0.2, 0) is 0 Å². The number of aromatic hydroxyl groups is 2. The van der Waals surface area contributed by atoms with Crippen molar-refractivity contribution in [1.29, 1.82) is 0 Å². The van der Waals surface area contributed by atoms with Gasteiger partial charge in [-0.25, -0.2) is 0 Å². The van der Waals surface area contributed by atoms with E-state index < -0.39 is 0 Å². The van der Waals surface area contributed by atoms with Crippen LogP contribution in [0.2, 0.25) is 0 Å². The minimum Gasteiger partial charge on any atom is -0.504 e. The molecule has 0 saturated carbocycles. The molecule has 0 aliphatic rings. The summed E-state index contributed by atoms with van der Waals surface area (Å²) < 4.78 is 0. The molecule has 0 saturated heterocycles. The average Bonchev–Trinajstić information content (AvgIpc) is 2.19.